The largest absolute Gasteiger partial charge is 0.358 e. The lowest BCUT2D eigenvalue weighted by atomic mass is 10.1. The molecule has 34 heavy (non-hydrogen) atoms. The summed E-state index contributed by atoms with van der Waals surface area (Å²) < 4.78 is 0. The van der Waals surface area contributed by atoms with Gasteiger partial charge in [0.15, 0.2) is 5.11 Å². The molecule has 0 saturated heterocycles. The Hall–Kier alpha value is -3.26. The van der Waals surface area contributed by atoms with E-state index in [-0.39, 0.29) is 29.3 Å². The smallest absolute Gasteiger partial charge is 0.321 e. The van der Waals surface area contributed by atoms with Crippen LogP contribution in [0.3, 0.4) is 0 Å². The lowest BCUT2D eigenvalue weighted by Crippen LogP contribution is -2.48. The second-order valence-electron chi connectivity index (χ2n) is 9.83. The molecule has 0 aliphatic heterocycles. The van der Waals surface area contributed by atoms with Crippen molar-refractivity contribution in [3.63, 3.8) is 0 Å². The van der Waals surface area contributed by atoms with Gasteiger partial charge < -0.3 is 16.0 Å². The van der Waals surface area contributed by atoms with Crippen molar-refractivity contribution in [2.75, 3.05) is 0 Å². The van der Waals surface area contributed by atoms with E-state index in [1.165, 1.54) is 0 Å². The van der Waals surface area contributed by atoms with Crippen LogP contribution in [0, 0.1) is 0 Å². The minimum atomic E-state index is -0.460. The third-order valence-corrected chi connectivity index (χ3v) is 4.10. The molecule has 0 aromatic heterocycles. The summed E-state index contributed by atoms with van der Waals surface area (Å²) in [5.74, 6) is -0.407. The topological polar surface area (TPSA) is 99.3 Å². The molecule has 2 aromatic rings. The Bertz CT molecular complexity index is 870. The molecule has 0 atom stereocenters. The van der Waals surface area contributed by atoms with E-state index in [2.05, 4.69) is 21.3 Å². The van der Waals surface area contributed by atoms with Gasteiger partial charge in [0.05, 0.1) is 12.8 Å². The van der Waals surface area contributed by atoms with Crippen LogP contribution in [-0.2, 0) is 22.4 Å². The summed E-state index contributed by atoms with van der Waals surface area (Å²) in [5, 5.41) is 11.0. The zero-order chi connectivity index (χ0) is 25.8. The van der Waals surface area contributed by atoms with Crippen LogP contribution in [0.2, 0.25) is 0 Å². The van der Waals surface area contributed by atoms with Crippen molar-refractivity contribution in [3.8, 4) is 0 Å². The summed E-state index contributed by atoms with van der Waals surface area (Å²) in [5.41, 5.74) is 1.37. The number of carbonyl (C=O) groups excluding carboxylic acids is 3. The Morgan fingerprint density at radius 3 is 1.41 bits per heavy atom. The predicted octanol–water partition coefficient (Wildman–Crippen LogP) is 3.87. The number of imide groups is 1. The van der Waals surface area contributed by atoms with Crippen molar-refractivity contribution in [2.45, 2.75) is 65.5 Å². The van der Waals surface area contributed by atoms with Crippen LogP contribution in [-0.4, -0.2) is 34.0 Å². The second kappa shape index (κ2) is 13.4. The van der Waals surface area contributed by atoms with E-state index in [0.717, 1.165) is 11.1 Å². The molecule has 8 heteroatoms. The summed E-state index contributed by atoms with van der Waals surface area (Å²) in [7, 11) is 0. The predicted molar refractivity (Wildman–Crippen MR) is 140 cm³/mol. The van der Waals surface area contributed by atoms with Crippen LogP contribution in [0.5, 0.6) is 0 Å². The highest BCUT2D eigenvalue weighted by molar-refractivity contribution is 7.80. The van der Waals surface area contributed by atoms with Gasteiger partial charge in [-0.2, -0.15) is 0 Å². The maximum absolute atomic E-state index is 11.7. The van der Waals surface area contributed by atoms with Crippen molar-refractivity contribution in [1.29, 1.82) is 0 Å². The molecule has 184 valence electrons. The summed E-state index contributed by atoms with van der Waals surface area (Å²) >= 11 is 5.05. The highest BCUT2D eigenvalue weighted by atomic mass is 32.1. The van der Waals surface area contributed by atoms with Gasteiger partial charge in [0.1, 0.15) is 0 Å². The van der Waals surface area contributed by atoms with Gasteiger partial charge in [0.25, 0.3) is 0 Å². The minimum absolute atomic E-state index is 0.0991. The Balaban J connectivity index is 0.000000340. The summed E-state index contributed by atoms with van der Waals surface area (Å²) in [4.78, 5) is 34.6. The summed E-state index contributed by atoms with van der Waals surface area (Å²) in [6.45, 7) is 11.5. The first-order valence-electron chi connectivity index (χ1n) is 11.1. The average molecular weight is 485 g/mol. The van der Waals surface area contributed by atoms with Crippen LogP contribution < -0.4 is 21.3 Å². The highest BCUT2D eigenvalue weighted by Gasteiger charge is 2.15. The van der Waals surface area contributed by atoms with E-state index >= 15 is 0 Å². The molecule has 0 fully saturated rings. The first-order chi connectivity index (χ1) is 15.7. The summed E-state index contributed by atoms with van der Waals surface area (Å²) in [6.07, 6.45) is 0.547. The van der Waals surface area contributed by atoms with Crippen molar-refractivity contribution < 1.29 is 14.4 Å². The quantitative estimate of drug-likeness (QED) is 0.494. The van der Waals surface area contributed by atoms with Gasteiger partial charge >= 0.3 is 6.03 Å². The number of carbonyl (C=O) groups is 3. The van der Waals surface area contributed by atoms with Crippen LogP contribution in [0.25, 0.3) is 0 Å². The first kappa shape index (κ1) is 28.8. The number of amides is 4. The van der Waals surface area contributed by atoms with Gasteiger partial charge in [-0.1, -0.05) is 60.7 Å². The normalized spacial score (nSPS) is 10.8. The van der Waals surface area contributed by atoms with E-state index in [4.69, 9.17) is 12.2 Å². The standard InChI is InChI=1S/C13H18N2O2.C13H18N2OS/c2*1-13(2,3)15-12(17)14-11(16)9-10-7-5-4-6-8-10/h2*4-8H,9H2,1-3H3,(H2,14,15,16,17). The Morgan fingerprint density at radius 1 is 0.647 bits per heavy atom. The van der Waals surface area contributed by atoms with Crippen molar-refractivity contribution in [2.24, 2.45) is 0 Å². The first-order valence-corrected chi connectivity index (χ1v) is 11.5. The molecule has 0 heterocycles. The number of rotatable bonds is 4. The molecule has 2 aromatic carbocycles. The molecule has 0 aliphatic carbocycles. The minimum Gasteiger partial charge on any atom is -0.358 e. The van der Waals surface area contributed by atoms with E-state index in [1.807, 2.05) is 102 Å². The fourth-order valence-electron chi connectivity index (χ4n) is 2.65. The van der Waals surface area contributed by atoms with Gasteiger partial charge in [0.2, 0.25) is 11.8 Å². The molecular formula is C26H36N4O3S. The van der Waals surface area contributed by atoms with Crippen LogP contribution in [0.1, 0.15) is 52.7 Å². The van der Waals surface area contributed by atoms with E-state index in [0.29, 0.717) is 11.5 Å². The van der Waals surface area contributed by atoms with Crippen molar-refractivity contribution in [3.05, 3.63) is 71.8 Å². The van der Waals surface area contributed by atoms with Gasteiger partial charge in [-0.25, -0.2) is 4.79 Å². The number of benzene rings is 2. The van der Waals surface area contributed by atoms with Crippen LogP contribution in [0.4, 0.5) is 4.79 Å². The van der Waals surface area contributed by atoms with E-state index < -0.39 is 6.03 Å². The third kappa shape index (κ3) is 14.7. The van der Waals surface area contributed by atoms with E-state index in [9.17, 15) is 14.4 Å². The molecule has 0 unspecified atom stereocenters. The number of hydrogen-bond acceptors (Lipinski definition) is 4. The monoisotopic (exact) mass is 484 g/mol. The zero-order valence-corrected chi connectivity index (χ0v) is 21.6. The maximum Gasteiger partial charge on any atom is 0.321 e. The highest BCUT2D eigenvalue weighted by Crippen LogP contribution is 2.01. The molecule has 4 amide bonds. The summed E-state index contributed by atoms with van der Waals surface area (Å²) in [6, 6.07) is 18.4. The lowest BCUT2D eigenvalue weighted by molar-refractivity contribution is -0.120. The SMILES string of the molecule is CC(C)(C)NC(=O)NC(=O)Cc1ccccc1.CC(C)(C)NC(=S)NC(=O)Cc1ccccc1. The van der Waals surface area contributed by atoms with Gasteiger partial charge in [-0.05, 0) is 64.9 Å². The maximum atomic E-state index is 11.7. The second-order valence-corrected chi connectivity index (χ2v) is 10.2. The molecule has 0 spiro atoms. The Morgan fingerprint density at radius 2 is 1.03 bits per heavy atom. The Labute approximate surface area is 208 Å². The van der Waals surface area contributed by atoms with Crippen molar-refractivity contribution >= 4 is 35.2 Å². The fourth-order valence-corrected chi connectivity index (χ4v) is 3.07. The zero-order valence-electron chi connectivity index (χ0n) is 20.8. The molecule has 0 radical (unpaired) electrons. The van der Waals surface area contributed by atoms with Crippen LogP contribution >= 0.6 is 12.2 Å². The number of thiocarbonyl (C=S) groups is 1. The van der Waals surface area contributed by atoms with Gasteiger partial charge in [0, 0.05) is 11.1 Å². The molecule has 0 saturated carbocycles. The molecule has 4 N–H and O–H groups in total. The molecule has 2 rings (SSSR count). The van der Waals surface area contributed by atoms with Gasteiger partial charge in [-0.15, -0.1) is 0 Å². The fraction of sp³-hybridized carbons (Fsp3) is 0.385. The Kier molecular flexibility index (Phi) is 11.4. The lowest BCUT2D eigenvalue weighted by Gasteiger charge is -2.22. The molecule has 0 aliphatic rings. The molecular weight excluding hydrogens is 448 g/mol. The van der Waals surface area contributed by atoms with Crippen LogP contribution in [0.15, 0.2) is 60.7 Å². The number of nitrogens with one attached hydrogen (secondary N) is 4. The van der Waals surface area contributed by atoms with E-state index in [1.54, 1.807) is 0 Å². The number of hydrogen-bond donors (Lipinski definition) is 4. The van der Waals surface area contributed by atoms with Gasteiger partial charge in [-0.3, -0.25) is 14.9 Å². The average Bonchev–Trinajstić information content (AvgIpc) is 2.66. The molecule has 0 bridgehead atoms. The number of urea groups is 1. The van der Waals surface area contributed by atoms with Crippen molar-refractivity contribution in [1.82, 2.24) is 21.3 Å². The third-order valence-electron chi connectivity index (χ3n) is 3.90. The molecule has 7 nitrogen and oxygen atoms in total.